The highest BCUT2D eigenvalue weighted by atomic mass is 16.5. The number of hydroxylamine groups is 3. The maximum atomic E-state index is 11.4. The van der Waals surface area contributed by atoms with Crippen molar-refractivity contribution in [1.29, 1.82) is 0 Å². The largest absolute Gasteiger partial charge is 0.633 e. The lowest BCUT2D eigenvalue weighted by atomic mass is 10.2. The lowest BCUT2D eigenvalue weighted by Crippen LogP contribution is -2.49. The molecule has 0 atom stereocenters. The van der Waals surface area contributed by atoms with Gasteiger partial charge < -0.3 is 9.85 Å². The summed E-state index contributed by atoms with van der Waals surface area (Å²) >= 11 is 0. The maximum Gasteiger partial charge on any atom is 0.0830 e. The quantitative estimate of drug-likeness (QED) is 0.413. The highest BCUT2D eigenvalue weighted by molar-refractivity contribution is 4.48. The average Bonchev–Trinajstić information content (AvgIpc) is 1.65. The molecule has 0 radical (unpaired) electrons. The van der Waals surface area contributed by atoms with Crippen LogP contribution in [0.4, 0.5) is 0 Å². The molecule has 0 aromatic heterocycles. The third-order valence-electron chi connectivity index (χ3n) is 2.05. The van der Waals surface area contributed by atoms with Gasteiger partial charge in [-0.1, -0.05) is 0 Å². The Morgan fingerprint density at radius 1 is 1.00 bits per heavy atom. The number of hydrogen-bond acceptors (Lipinski definition) is 1. The Bertz CT molecular complexity index is 76.9. The van der Waals surface area contributed by atoms with E-state index in [0.29, 0.717) is 0 Å². The van der Waals surface area contributed by atoms with Crippen LogP contribution in [-0.4, -0.2) is 23.8 Å². The predicted molar refractivity (Wildman–Crippen MR) is 39.8 cm³/mol. The summed E-state index contributed by atoms with van der Waals surface area (Å²) in [6, 6.07) is 0.343. The first-order valence-corrected chi connectivity index (χ1v) is 3.46. The van der Waals surface area contributed by atoms with Crippen molar-refractivity contribution < 1.29 is 4.65 Å². The van der Waals surface area contributed by atoms with Crippen molar-refractivity contribution in [3.63, 3.8) is 0 Å². The molecule has 2 heteroatoms. The van der Waals surface area contributed by atoms with E-state index in [2.05, 4.69) is 0 Å². The molecule has 0 saturated heterocycles. The predicted octanol–water partition coefficient (Wildman–Crippen LogP) is 1.75. The zero-order chi connectivity index (χ0) is 7.65. The van der Waals surface area contributed by atoms with Crippen molar-refractivity contribution in [2.24, 2.45) is 0 Å². The van der Waals surface area contributed by atoms with Gasteiger partial charge >= 0.3 is 0 Å². The molecule has 0 aliphatic heterocycles. The van der Waals surface area contributed by atoms with Crippen LogP contribution in [0.2, 0.25) is 0 Å². The van der Waals surface area contributed by atoms with Crippen LogP contribution >= 0.6 is 0 Å². The second kappa shape index (κ2) is 2.67. The van der Waals surface area contributed by atoms with Gasteiger partial charge in [-0.05, 0) is 27.7 Å². The highest BCUT2D eigenvalue weighted by Crippen LogP contribution is 2.12. The van der Waals surface area contributed by atoms with Gasteiger partial charge in [-0.25, -0.2) is 0 Å². The standard InChI is InChI=1S/C7H17NO/c1-6(2)8(5,9)7(3)4/h6-7H,1-5H3. The van der Waals surface area contributed by atoms with E-state index in [1.807, 2.05) is 27.7 Å². The van der Waals surface area contributed by atoms with Gasteiger partial charge in [0.1, 0.15) is 0 Å². The molecule has 0 saturated carbocycles. The first-order valence-electron chi connectivity index (χ1n) is 3.46. The first kappa shape index (κ1) is 8.92. The monoisotopic (exact) mass is 131 g/mol. The van der Waals surface area contributed by atoms with Crippen molar-refractivity contribution in [2.45, 2.75) is 39.8 Å². The van der Waals surface area contributed by atoms with E-state index in [1.54, 1.807) is 7.05 Å². The van der Waals surface area contributed by atoms with E-state index in [0.717, 1.165) is 0 Å². The zero-order valence-electron chi connectivity index (χ0n) is 7.01. The van der Waals surface area contributed by atoms with E-state index in [-0.39, 0.29) is 16.7 Å². The Morgan fingerprint density at radius 3 is 1.22 bits per heavy atom. The molecule has 0 heterocycles. The molecule has 0 spiro atoms. The van der Waals surface area contributed by atoms with Crippen LogP contribution in [0.5, 0.6) is 0 Å². The van der Waals surface area contributed by atoms with Gasteiger partial charge in [0.15, 0.2) is 0 Å². The molecule has 0 aromatic rings. The van der Waals surface area contributed by atoms with Crippen molar-refractivity contribution in [2.75, 3.05) is 7.05 Å². The Hall–Kier alpha value is -0.0800. The molecule has 56 valence electrons. The van der Waals surface area contributed by atoms with Crippen molar-refractivity contribution in [3.8, 4) is 0 Å². The molecule has 9 heavy (non-hydrogen) atoms. The van der Waals surface area contributed by atoms with Gasteiger partial charge in [-0.2, -0.15) is 0 Å². The first-order chi connectivity index (χ1) is 3.89. The molecule has 0 amide bonds. The lowest BCUT2D eigenvalue weighted by Gasteiger charge is -2.46. The highest BCUT2D eigenvalue weighted by Gasteiger charge is 2.18. The van der Waals surface area contributed by atoms with Gasteiger partial charge in [0.25, 0.3) is 0 Å². The number of rotatable bonds is 2. The van der Waals surface area contributed by atoms with Gasteiger partial charge in [0.05, 0.1) is 19.1 Å². The topological polar surface area (TPSA) is 23.1 Å². The van der Waals surface area contributed by atoms with Crippen LogP contribution in [0.3, 0.4) is 0 Å². The Labute approximate surface area is 57.6 Å². The smallest absolute Gasteiger partial charge is 0.0830 e. The van der Waals surface area contributed by atoms with E-state index in [9.17, 15) is 5.21 Å². The fraction of sp³-hybridized carbons (Fsp3) is 1.00. The minimum Gasteiger partial charge on any atom is -0.633 e. The molecular formula is C7H17NO. The number of quaternary nitrogens is 1. The van der Waals surface area contributed by atoms with Gasteiger partial charge in [0.2, 0.25) is 0 Å². The van der Waals surface area contributed by atoms with Crippen LogP contribution in [0, 0.1) is 5.21 Å². The third kappa shape index (κ3) is 1.95. The van der Waals surface area contributed by atoms with Crippen LogP contribution in [-0.2, 0) is 0 Å². The van der Waals surface area contributed by atoms with Crippen LogP contribution in [0.1, 0.15) is 27.7 Å². The molecular weight excluding hydrogens is 114 g/mol. The molecule has 2 nitrogen and oxygen atoms in total. The van der Waals surface area contributed by atoms with Crippen LogP contribution in [0.15, 0.2) is 0 Å². The summed E-state index contributed by atoms with van der Waals surface area (Å²) in [5, 5.41) is 11.4. The zero-order valence-corrected chi connectivity index (χ0v) is 7.01. The molecule has 0 N–H and O–H groups in total. The summed E-state index contributed by atoms with van der Waals surface area (Å²) in [6.45, 7) is 7.81. The summed E-state index contributed by atoms with van der Waals surface area (Å²) in [5.41, 5.74) is 0. The SMILES string of the molecule is CC(C)[N+](C)([O-])C(C)C. The molecule has 0 aliphatic rings. The van der Waals surface area contributed by atoms with E-state index < -0.39 is 0 Å². The van der Waals surface area contributed by atoms with E-state index >= 15 is 0 Å². The summed E-state index contributed by atoms with van der Waals surface area (Å²) < 4.78 is -0.139. The van der Waals surface area contributed by atoms with Gasteiger partial charge in [-0.15, -0.1) is 0 Å². The van der Waals surface area contributed by atoms with Gasteiger partial charge in [-0.3, -0.25) is 0 Å². The second-order valence-corrected chi connectivity index (χ2v) is 3.25. The average molecular weight is 131 g/mol. The summed E-state index contributed by atoms with van der Waals surface area (Å²) in [4.78, 5) is 0. The van der Waals surface area contributed by atoms with Crippen molar-refractivity contribution in [3.05, 3.63) is 5.21 Å². The third-order valence-corrected chi connectivity index (χ3v) is 2.05. The Kier molecular flexibility index (Phi) is 2.65. The molecule has 0 unspecified atom stereocenters. The minimum atomic E-state index is -0.139. The summed E-state index contributed by atoms with van der Waals surface area (Å²) in [7, 11) is 1.72. The lowest BCUT2D eigenvalue weighted by molar-refractivity contribution is -0.903. The fourth-order valence-electron chi connectivity index (χ4n) is 0.596. The van der Waals surface area contributed by atoms with Gasteiger partial charge in [0, 0.05) is 0 Å². The minimum absolute atomic E-state index is 0.139. The van der Waals surface area contributed by atoms with Crippen LogP contribution < -0.4 is 0 Å². The number of hydrogen-bond donors (Lipinski definition) is 0. The van der Waals surface area contributed by atoms with Crippen LogP contribution in [0.25, 0.3) is 0 Å². The summed E-state index contributed by atoms with van der Waals surface area (Å²) in [5.74, 6) is 0. The maximum absolute atomic E-state index is 11.4. The van der Waals surface area contributed by atoms with E-state index in [1.165, 1.54) is 0 Å². The van der Waals surface area contributed by atoms with Crippen molar-refractivity contribution >= 4 is 0 Å². The second-order valence-electron chi connectivity index (χ2n) is 3.25. The normalized spacial score (nSPS) is 13.3. The molecule has 0 bridgehead atoms. The number of nitrogens with zero attached hydrogens (tertiary/aromatic N) is 1. The molecule has 0 aliphatic carbocycles. The molecule has 0 aromatic carbocycles. The fourth-order valence-corrected chi connectivity index (χ4v) is 0.596. The van der Waals surface area contributed by atoms with E-state index in [4.69, 9.17) is 0 Å². The van der Waals surface area contributed by atoms with Crippen molar-refractivity contribution in [1.82, 2.24) is 0 Å². The summed E-state index contributed by atoms with van der Waals surface area (Å²) in [6.07, 6.45) is 0. The molecule has 0 rings (SSSR count). The Balaban J connectivity index is 4.01. The molecule has 0 fully saturated rings. The Morgan fingerprint density at radius 2 is 1.22 bits per heavy atom.